The summed E-state index contributed by atoms with van der Waals surface area (Å²) in [5, 5.41) is 9.71. The largest absolute Gasteiger partial charge is 0.481 e. The van der Waals surface area contributed by atoms with E-state index >= 15 is 0 Å². The fraction of sp³-hybridized carbons (Fsp3) is 0.944. The molecule has 2 fully saturated rings. The molecule has 0 radical (unpaired) electrons. The van der Waals surface area contributed by atoms with Gasteiger partial charge in [0.15, 0.2) is 0 Å². The topological polar surface area (TPSA) is 46.5 Å². The Labute approximate surface area is 129 Å². The summed E-state index contributed by atoms with van der Waals surface area (Å²) >= 11 is 0. The Balaban J connectivity index is 1.76. The summed E-state index contributed by atoms with van der Waals surface area (Å²) in [5.41, 5.74) is -0.429. The number of hydrogen-bond donors (Lipinski definition) is 1. The van der Waals surface area contributed by atoms with Gasteiger partial charge in [-0.25, -0.2) is 0 Å². The first-order valence-corrected chi connectivity index (χ1v) is 9.01. The molecule has 1 aliphatic carbocycles. The number of ether oxygens (including phenoxy) is 1. The van der Waals surface area contributed by atoms with Crippen molar-refractivity contribution in [3.05, 3.63) is 0 Å². The van der Waals surface area contributed by atoms with Crippen molar-refractivity contribution in [3.63, 3.8) is 0 Å². The molecule has 1 N–H and O–H groups in total. The van der Waals surface area contributed by atoms with Crippen LogP contribution in [-0.4, -0.2) is 23.8 Å². The lowest BCUT2D eigenvalue weighted by Crippen LogP contribution is -2.35. The van der Waals surface area contributed by atoms with Gasteiger partial charge >= 0.3 is 5.97 Å². The minimum Gasteiger partial charge on any atom is -0.481 e. The first-order valence-electron chi connectivity index (χ1n) is 9.01. The quantitative estimate of drug-likeness (QED) is 0.700. The van der Waals surface area contributed by atoms with Crippen LogP contribution >= 0.6 is 0 Å². The van der Waals surface area contributed by atoms with E-state index in [1.165, 1.54) is 32.1 Å². The molecule has 0 amide bonds. The molecule has 2 rings (SSSR count). The van der Waals surface area contributed by atoms with Crippen LogP contribution in [-0.2, 0) is 9.53 Å². The van der Waals surface area contributed by atoms with Crippen molar-refractivity contribution in [1.82, 2.24) is 0 Å². The summed E-state index contributed by atoms with van der Waals surface area (Å²) in [5.74, 6) is 0.222. The van der Waals surface area contributed by atoms with E-state index in [2.05, 4.69) is 6.92 Å². The Morgan fingerprint density at radius 1 is 1.19 bits per heavy atom. The summed E-state index contributed by atoms with van der Waals surface area (Å²) in [7, 11) is 0. The molecule has 1 saturated heterocycles. The van der Waals surface area contributed by atoms with Gasteiger partial charge in [-0.2, -0.15) is 0 Å². The van der Waals surface area contributed by atoms with Crippen molar-refractivity contribution < 1.29 is 14.6 Å². The van der Waals surface area contributed by atoms with E-state index in [-0.39, 0.29) is 0 Å². The maximum atomic E-state index is 11.8. The molecule has 1 atom stereocenters. The molecular formula is C18H32O3. The standard InChI is InChI=1S/C18H32O3/c1-2-3-6-15-9-12-18(13-10-15,17(19)20)11-4-7-16-8-5-14-21-16/h15-16H,2-14H2,1H3,(H,19,20). The van der Waals surface area contributed by atoms with Crippen molar-refractivity contribution in [2.75, 3.05) is 6.61 Å². The highest BCUT2D eigenvalue weighted by atomic mass is 16.5. The van der Waals surface area contributed by atoms with Gasteiger partial charge in [0, 0.05) is 6.61 Å². The first kappa shape index (κ1) is 16.8. The van der Waals surface area contributed by atoms with E-state index in [1.54, 1.807) is 0 Å². The molecule has 1 aliphatic heterocycles. The second-order valence-electron chi connectivity index (χ2n) is 7.20. The molecule has 0 aromatic rings. The lowest BCUT2D eigenvalue weighted by atomic mass is 9.67. The Morgan fingerprint density at radius 2 is 1.95 bits per heavy atom. The molecule has 1 saturated carbocycles. The maximum absolute atomic E-state index is 11.8. The molecule has 3 nitrogen and oxygen atoms in total. The fourth-order valence-corrected chi connectivity index (χ4v) is 4.12. The van der Waals surface area contributed by atoms with Crippen LogP contribution in [0, 0.1) is 11.3 Å². The van der Waals surface area contributed by atoms with E-state index < -0.39 is 11.4 Å². The average molecular weight is 296 g/mol. The number of carboxylic acid groups (broad SMARTS) is 1. The van der Waals surface area contributed by atoms with Crippen molar-refractivity contribution in [2.24, 2.45) is 11.3 Å². The van der Waals surface area contributed by atoms with Crippen LogP contribution in [0.15, 0.2) is 0 Å². The molecule has 1 unspecified atom stereocenters. The summed E-state index contributed by atoms with van der Waals surface area (Å²) in [6.45, 7) is 3.13. The van der Waals surface area contributed by atoms with Crippen LogP contribution in [0.25, 0.3) is 0 Å². The van der Waals surface area contributed by atoms with Crippen LogP contribution in [0.2, 0.25) is 0 Å². The Kier molecular flexibility index (Phi) is 6.53. The van der Waals surface area contributed by atoms with Gasteiger partial charge < -0.3 is 9.84 Å². The van der Waals surface area contributed by atoms with Crippen molar-refractivity contribution in [2.45, 2.75) is 90.1 Å². The van der Waals surface area contributed by atoms with Gasteiger partial charge in [-0.3, -0.25) is 4.79 Å². The first-order chi connectivity index (χ1) is 10.2. The van der Waals surface area contributed by atoms with Crippen molar-refractivity contribution >= 4 is 5.97 Å². The highest BCUT2D eigenvalue weighted by Crippen LogP contribution is 2.44. The molecule has 122 valence electrons. The van der Waals surface area contributed by atoms with Crippen LogP contribution < -0.4 is 0 Å². The number of unbranched alkanes of at least 4 members (excludes halogenated alkanes) is 1. The second-order valence-corrected chi connectivity index (χ2v) is 7.20. The third-order valence-electron chi connectivity index (χ3n) is 5.69. The normalized spacial score (nSPS) is 33.2. The number of rotatable bonds is 8. The van der Waals surface area contributed by atoms with Gasteiger partial charge in [-0.05, 0) is 63.7 Å². The molecule has 0 aromatic carbocycles. The average Bonchev–Trinajstić information content (AvgIpc) is 2.99. The van der Waals surface area contributed by atoms with E-state index in [0.717, 1.165) is 57.5 Å². The van der Waals surface area contributed by atoms with Gasteiger partial charge in [0.2, 0.25) is 0 Å². The zero-order valence-corrected chi connectivity index (χ0v) is 13.6. The zero-order chi connectivity index (χ0) is 15.1. The van der Waals surface area contributed by atoms with Gasteiger partial charge in [0.05, 0.1) is 11.5 Å². The smallest absolute Gasteiger partial charge is 0.309 e. The zero-order valence-electron chi connectivity index (χ0n) is 13.6. The monoisotopic (exact) mass is 296 g/mol. The van der Waals surface area contributed by atoms with Gasteiger partial charge in [0.25, 0.3) is 0 Å². The second kappa shape index (κ2) is 8.17. The third-order valence-corrected chi connectivity index (χ3v) is 5.69. The molecule has 0 spiro atoms. The molecule has 0 bridgehead atoms. The van der Waals surface area contributed by atoms with Gasteiger partial charge in [0.1, 0.15) is 0 Å². The van der Waals surface area contributed by atoms with Crippen LogP contribution in [0.5, 0.6) is 0 Å². The van der Waals surface area contributed by atoms with E-state index in [0.29, 0.717) is 6.10 Å². The molecule has 1 heterocycles. The minimum absolute atomic E-state index is 0.400. The lowest BCUT2D eigenvalue weighted by molar-refractivity contribution is -0.152. The summed E-state index contributed by atoms with van der Waals surface area (Å²) in [4.78, 5) is 11.8. The molecule has 2 aliphatic rings. The molecule has 0 aromatic heterocycles. The van der Waals surface area contributed by atoms with E-state index in [9.17, 15) is 9.90 Å². The third kappa shape index (κ3) is 4.70. The number of hydrogen-bond acceptors (Lipinski definition) is 2. The highest BCUT2D eigenvalue weighted by molar-refractivity contribution is 5.74. The number of carboxylic acids is 1. The SMILES string of the molecule is CCCCC1CCC(CCCC2CCCO2)(C(=O)O)CC1. The van der Waals surface area contributed by atoms with Gasteiger partial charge in [-0.1, -0.05) is 26.2 Å². The summed E-state index contributed by atoms with van der Waals surface area (Å²) < 4.78 is 5.65. The lowest BCUT2D eigenvalue weighted by Gasteiger charge is -2.37. The molecular weight excluding hydrogens is 264 g/mol. The van der Waals surface area contributed by atoms with Crippen LogP contribution in [0.4, 0.5) is 0 Å². The van der Waals surface area contributed by atoms with Crippen molar-refractivity contribution in [1.29, 1.82) is 0 Å². The van der Waals surface area contributed by atoms with Crippen molar-refractivity contribution in [3.8, 4) is 0 Å². The minimum atomic E-state index is -0.552. The number of aliphatic carboxylic acids is 1. The molecule has 3 heteroatoms. The van der Waals surface area contributed by atoms with E-state index in [4.69, 9.17) is 4.74 Å². The Hall–Kier alpha value is -0.570. The Morgan fingerprint density at radius 3 is 2.52 bits per heavy atom. The predicted octanol–water partition coefficient (Wildman–Crippen LogP) is 4.79. The van der Waals surface area contributed by atoms with E-state index in [1.807, 2.05) is 0 Å². The van der Waals surface area contributed by atoms with Crippen LogP contribution in [0.3, 0.4) is 0 Å². The predicted molar refractivity (Wildman–Crippen MR) is 84.4 cm³/mol. The number of carbonyl (C=O) groups is 1. The maximum Gasteiger partial charge on any atom is 0.309 e. The Bertz CT molecular complexity index is 312. The van der Waals surface area contributed by atoms with Gasteiger partial charge in [-0.15, -0.1) is 0 Å². The highest BCUT2D eigenvalue weighted by Gasteiger charge is 2.41. The van der Waals surface area contributed by atoms with Crippen LogP contribution in [0.1, 0.15) is 84.0 Å². The summed E-state index contributed by atoms with van der Waals surface area (Å²) in [6.07, 6.45) is 13.5. The summed E-state index contributed by atoms with van der Waals surface area (Å²) in [6, 6.07) is 0. The molecule has 21 heavy (non-hydrogen) atoms. The fourth-order valence-electron chi connectivity index (χ4n) is 4.12.